The molecule has 1 atom stereocenters. The first-order valence-electron chi connectivity index (χ1n) is 8.22. The molecule has 0 spiro atoms. The molecule has 2 aliphatic rings. The van der Waals surface area contributed by atoms with Crippen molar-refractivity contribution in [2.24, 2.45) is 0 Å². The molecule has 5 nitrogen and oxygen atoms in total. The van der Waals surface area contributed by atoms with Crippen molar-refractivity contribution in [3.8, 4) is 0 Å². The summed E-state index contributed by atoms with van der Waals surface area (Å²) in [5.74, 6) is 0.0705. The van der Waals surface area contributed by atoms with E-state index in [1.165, 1.54) is 5.56 Å². The van der Waals surface area contributed by atoms with Gasteiger partial charge in [-0.25, -0.2) is 4.79 Å². The van der Waals surface area contributed by atoms with Crippen molar-refractivity contribution < 1.29 is 9.59 Å². The predicted octanol–water partition coefficient (Wildman–Crippen LogP) is 3.26. The largest absolute Gasteiger partial charge is 0.336 e. The fraction of sp³-hybridized carbons (Fsp3) is 0.333. The first-order valence-corrected chi connectivity index (χ1v) is 9.17. The summed E-state index contributed by atoms with van der Waals surface area (Å²) in [7, 11) is 0. The van der Waals surface area contributed by atoms with Crippen molar-refractivity contribution in [3.05, 3.63) is 52.2 Å². The number of carbonyl (C=O) groups excluding carboxylic acids is 2. The van der Waals surface area contributed by atoms with Gasteiger partial charge in [0.25, 0.3) is 5.91 Å². The van der Waals surface area contributed by atoms with E-state index in [1.807, 2.05) is 29.2 Å². The molecule has 2 aliphatic heterocycles. The Morgan fingerprint density at radius 2 is 2.00 bits per heavy atom. The fourth-order valence-electron chi connectivity index (χ4n) is 3.49. The summed E-state index contributed by atoms with van der Waals surface area (Å²) in [6, 6.07) is 9.58. The minimum atomic E-state index is -0.0776. The molecule has 0 bridgehead atoms. The molecule has 24 heavy (non-hydrogen) atoms. The number of hydrogen-bond acceptors (Lipinski definition) is 3. The second kappa shape index (κ2) is 6.28. The van der Waals surface area contributed by atoms with Crippen LogP contribution in [0.1, 0.15) is 34.8 Å². The number of urea groups is 1. The highest BCUT2D eigenvalue weighted by molar-refractivity contribution is 7.08. The number of likely N-dealkylation sites (tertiary alicyclic amines) is 1. The van der Waals surface area contributed by atoms with Gasteiger partial charge in [-0.3, -0.25) is 9.69 Å². The first-order chi connectivity index (χ1) is 11.7. The second-order valence-electron chi connectivity index (χ2n) is 6.14. The molecule has 2 saturated heterocycles. The van der Waals surface area contributed by atoms with Crippen LogP contribution in [0, 0.1) is 0 Å². The van der Waals surface area contributed by atoms with E-state index in [4.69, 9.17) is 0 Å². The minimum Gasteiger partial charge on any atom is -0.336 e. The minimum absolute atomic E-state index is 0.0705. The van der Waals surface area contributed by atoms with Gasteiger partial charge in [0.15, 0.2) is 0 Å². The summed E-state index contributed by atoms with van der Waals surface area (Å²) in [4.78, 5) is 28.3. The van der Waals surface area contributed by atoms with Crippen LogP contribution in [0.25, 0.3) is 0 Å². The van der Waals surface area contributed by atoms with Crippen molar-refractivity contribution >= 4 is 29.0 Å². The molecule has 2 fully saturated rings. The van der Waals surface area contributed by atoms with Crippen molar-refractivity contribution in [2.45, 2.75) is 18.9 Å². The van der Waals surface area contributed by atoms with E-state index < -0.39 is 0 Å². The number of carbonyl (C=O) groups is 2. The zero-order valence-electron chi connectivity index (χ0n) is 13.3. The van der Waals surface area contributed by atoms with E-state index >= 15 is 0 Å². The van der Waals surface area contributed by atoms with Crippen LogP contribution in [0.4, 0.5) is 10.5 Å². The van der Waals surface area contributed by atoms with Gasteiger partial charge < -0.3 is 10.2 Å². The average Bonchev–Trinajstić information content (AvgIpc) is 3.35. The van der Waals surface area contributed by atoms with Crippen LogP contribution < -0.4 is 10.2 Å². The molecule has 1 aromatic heterocycles. The van der Waals surface area contributed by atoms with Gasteiger partial charge in [0.1, 0.15) is 0 Å². The van der Waals surface area contributed by atoms with Gasteiger partial charge in [0.05, 0.1) is 6.04 Å². The Balaban J connectivity index is 1.53. The summed E-state index contributed by atoms with van der Waals surface area (Å²) in [6.07, 6.45) is 2.06. The molecular formula is C18H19N3O2S. The summed E-state index contributed by atoms with van der Waals surface area (Å²) < 4.78 is 0. The maximum atomic E-state index is 12.9. The Bertz CT molecular complexity index is 742. The van der Waals surface area contributed by atoms with Crippen molar-refractivity contribution in [2.75, 3.05) is 24.5 Å². The highest BCUT2D eigenvalue weighted by Crippen LogP contribution is 2.34. The maximum Gasteiger partial charge on any atom is 0.321 e. The molecule has 1 aromatic carbocycles. The van der Waals surface area contributed by atoms with Crippen LogP contribution in [0.5, 0.6) is 0 Å². The van der Waals surface area contributed by atoms with Crippen LogP contribution in [0.2, 0.25) is 0 Å². The summed E-state index contributed by atoms with van der Waals surface area (Å²) in [6.45, 7) is 2.13. The predicted molar refractivity (Wildman–Crippen MR) is 94.5 cm³/mol. The molecule has 1 N–H and O–H groups in total. The van der Waals surface area contributed by atoms with Crippen molar-refractivity contribution in [1.82, 2.24) is 10.2 Å². The lowest BCUT2D eigenvalue weighted by atomic mass is 10.1. The Labute approximate surface area is 144 Å². The quantitative estimate of drug-likeness (QED) is 0.932. The molecule has 2 aromatic rings. The molecule has 124 valence electrons. The second-order valence-corrected chi connectivity index (χ2v) is 6.92. The van der Waals surface area contributed by atoms with Gasteiger partial charge in [-0.1, -0.05) is 0 Å². The van der Waals surface area contributed by atoms with E-state index in [0.717, 1.165) is 25.1 Å². The smallest absolute Gasteiger partial charge is 0.321 e. The van der Waals surface area contributed by atoms with Crippen molar-refractivity contribution in [3.63, 3.8) is 0 Å². The van der Waals surface area contributed by atoms with Gasteiger partial charge in [-0.05, 0) is 59.5 Å². The van der Waals surface area contributed by atoms with Crippen LogP contribution in [0.15, 0.2) is 41.1 Å². The molecule has 3 heterocycles. The molecule has 3 amide bonds. The number of thiophene rings is 1. The standard InChI is InChI=1S/C18H19N3O2S/c22-17(21-9-1-2-16(21)14-7-11-24-12-14)13-3-5-15(6-4-13)20-10-8-19-18(20)23/h3-7,11-12,16H,1-2,8-10H2,(H,19,23). The Hall–Kier alpha value is -2.34. The third-order valence-electron chi connectivity index (χ3n) is 4.72. The van der Waals surface area contributed by atoms with Gasteiger partial charge >= 0.3 is 6.03 Å². The third-order valence-corrected chi connectivity index (χ3v) is 5.43. The van der Waals surface area contributed by atoms with E-state index in [9.17, 15) is 9.59 Å². The molecular weight excluding hydrogens is 322 g/mol. The number of hydrogen-bond donors (Lipinski definition) is 1. The van der Waals surface area contributed by atoms with Gasteiger partial charge in [-0.15, -0.1) is 0 Å². The molecule has 1 unspecified atom stereocenters. The fourth-order valence-corrected chi connectivity index (χ4v) is 4.20. The Kier molecular flexibility index (Phi) is 3.98. The zero-order chi connectivity index (χ0) is 16.5. The van der Waals surface area contributed by atoms with Gasteiger partial charge in [-0.2, -0.15) is 11.3 Å². The Morgan fingerprint density at radius 3 is 2.67 bits per heavy atom. The SMILES string of the molecule is O=C1NCCN1c1ccc(C(=O)N2CCCC2c2ccsc2)cc1. The lowest BCUT2D eigenvalue weighted by Crippen LogP contribution is -2.30. The monoisotopic (exact) mass is 341 g/mol. The number of benzene rings is 1. The highest BCUT2D eigenvalue weighted by Gasteiger charge is 2.31. The molecule has 6 heteroatoms. The first kappa shape index (κ1) is 15.2. The van der Waals surface area contributed by atoms with E-state index in [0.29, 0.717) is 18.7 Å². The topological polar surface area (TPSA) is 52.7 Å². The van der Waals surface area contributed by atoms with Gasteiger partial charge in [0, 0.05) is 30.9 Å². The maximum absolute atomic E-state index is 12.9. The number of nitrogens with one attached hydrogen (secondary N) is 1. The van der Waals surface area contributed by atoms with Crippen LogP contribution in [0.3, 0.4) is 0 Å². The number of anilines is 1. The van der Waals surface area contributed by atoms with Crippen LogP contribution >= 0.6 is 11.3 Å². The van der Waals surface area contributed by atoms with Gasteiger partial charge in [0.2, 0.25) is 0 Å². The summed E-state index contributed by atoms with van der Waals surface area (Å²) in [5, 5.41) is 6.98. The van der Waals surface area contributed by atoms with Crippen LogP contribution in [-0.4, -0.2) is 36.5 Å². The van der Waals surface area contributed by atoms with Crippen molar-refractivity contribution in [1.29, 1.82) is 0 Å². The average molecular weight is 341 g/mol. The summed E-state index contributed by atoms with van der Waals surface area (Å²) in [5.41, 5.74) is 2.74. The van der Waals surface area contributed by atoms with E-state index in [-0.39, 0.29) is 18.0 Å². The van der Waals surface area contributed by atoms with E-state index in [2.05, 4.69) is 22.1 Å². The number of rotatable bonds is 3. The Morgan fingerprint density at radius 1 is 1.17 bits per heavy atom. The normalized spacial score (nSPS) is 20.5. The molecule has 0 aliphatic carbocycles. The molecule has 0 saturated carbocycles. The lowest BCUT2D eigenvalue weighted by molar-refractivity contribution is 0.0736. The lowest BCUT2D eigenvalue weighted by Gasteiger charge is -2.24. The summed E-state index contributed by atoms with van der Waals surface area (Å²) >= 11 is 1.67. The molecule has 4 rings (SSSR count). The molecule has 0 radical (unpaired) electrons. The van der Waals surface area contributed by atoms with E-state index in [1.54, 1.807) is 16.2 Å². The third kappa shape index (κ3) is 2.67. The number of nitrogens with zero attached hydrogens (tertiary/aromatic N) is 2. The highest BCUT2D eigenvalue weighted by atomic mass is 32.1. The number of amides is 3. The van der Waals surface area contributed by atoms with Crippen LogP contribution in [-0.2, 0) is 0 Å². The zero-order valence-corrected chi connectivity index (χ0v) is 14.1.